The van der Waals surface area contributed by atoms with Crippen LogP contribution < -0.4 is 5.32 Å². The molecule has 1 saturated heterocycles. The van der Waals surface area contributed by atoms with Gasteiger partial charge in [-0.3, -0.25) is 4.79 Å². The number of benzene rings is 1. The van der Waals surface area contributed by atoms with E-state index in [2.05, 4.69) is 5.32 Å². The normalized spacial score (nSPS) is 28.4. The molecule has 2 N–H and O–H groups in total. The van der Waals surface area contributed by atoms with E-state index in [1.165, 1.54) is 17.5 Å². The summed E-state index contributed by atoms with van der Waals surface area (Å²) in [7, 11) is 0. The van der Waals surface area contributed by atoms with E-state index in [0.717, 1.165) is 12.8 Å². The molecule has 1 aromatic rings. The lowest BCUT2D eigenvalue weighted by Gasteiger charge is -2.26. The summed E-state index contributed by atoms with van der Waals surface area (Å²) in [6.07, 6.45) is 3.69. The Morgan fingerprint density at radius 2 is 2.25 bits per heavy atom. The van der Waals surface area contributed by atoms with Crippen molar-refractivity contribution in [2.24, 2.45) is 0 Å². The van der Waals surface area contributed by atoms with Crippen LogP contribution in [0.3, 0.4) is 0 Å². The van der Waals surface area contributed by atoms with Gasteiger partial charge in [0.1, 0.15) is 5.60 Å². The quantitative estimate of drug-likeness (QED) is 0.877. The van der Waals surface area contributed by atoms with Gasteiger partial charge in [0.15, 0.2) is 0 Å². The second kappa shape index (κ2) is 5.19. The second-order valence-corrected chi connectivity index (χ2v) is 5.89. The molecule has 3 rings (SSSR count). The molecule has 0 radical (unpaired) electrons. The molecule has 1 aromatic carbocycles. The summed E-state index contributed by atoms with van der Waals surface area (Å²) < 4.78 is 5.37. The topological polar surface area (TPSA) is 58.6 Å². The van der Waals surface area contributed by atoms with E-state index in [1.807, 2.05) is 25.1 Å². The van der Waals surface area contributed by atoms with Gasteiger partial charge in [0.05, 0.1) is 6.10 Å². The maximum atomic E-state index is 12.2. The first kappa shape index (κ1) is 13.6. The van der Waals surface area contributed by atoms with E-state index >= 15 is 0 Å². The van der Waals surface area contributed by atoms with Crippen LogP contribution in [0.2, 0.25) is 0 Å². The standard InChI is InChI=1S/C16H21NO3/c1-11-16(19,7-8-20-11)10-17-15(18)14-6-5-12-3-2-4-13(12)9-14/h5-6,9,11,19H,2-4,7-8,10H2,1H3,(H,17,18). The first-order valence-corrected chi connectivity index (χ1v) is 7.32. The Bertz CT molecular complexity index is 528. The van der Waals surface area contributed by atoms with Crippen LogP contribution >= 0.6 is 0 Å². The summed E-state index contributed by atoms with van der Waals surface area (Å²) >= 11 is 0. The van der Waals surface area contributed by atoms with Crippen LogP contribution in [0.5, 0.6) is 0 Å². The zero-order valence-electron chi connectivity index (χ0n) is 11.8. The van der Waals surface area contributed by atoms with E-state index < -0.39 is 5.60 Å². The van der Waals surface area contributed by atoms with Gasteiger partial charge in [-0.25, -0.2) is 0 Å². The Morgan fingerprint density at radius 1 is 1.45 bits per heavy atom. The SMILES string of the molecule is CC1OCCC1(O)CNC(=O)c1ccc2c(c1)CCC2. The van der Waals surface area contributed by atoms with Crippen molar-refractivity contribution < 1.29 is 14.6 Å². The maximum absolute atomic E-state index is 12.2. The molecule has 4 heteroatoms. The molecular weight excluding hydrogens is 254 g/mol. The van der Waals surface area contributed by atoms with Crippen molar-refractivity contribution in [2.75, 3.05) is 13.2 Å². The zero-order chi connectivity index (χ0) is 14.2. The highest BCUT2D eigenvalue weighted by molar-refractivity contribution is 5.94. The molecular formula is C16H21NO3. The summed E-state index contributed by atoms with van der Waals surface area (Å²) in [5.41, 5.74) is 2.39. The van der Waals surface area contributed by atoms with E-state index in [-0.39, 0.29) is 18.6 Å². The summed E-state index contributed by atoms with van der Waals surface area (Å²) in [5.74, 6) is -0.118. The maximum Gasteiger partial charge on any atom is 0.251 e. The second-order valence-electron chi connectivity index (χ2n) is 5.89. The van der Waals surface area contributed by atoms with Crippen molar-refractivity contribution in [1.29, 1.82) is 0 Å². The third kappa shape index (κ3) is 2.45. The molecule has 2 unspecified atom stereocenters. The number of nitrogens with one attached hydrogen (secondary N) is 1. The van der Waals surface area contributed by atoms with Crippen molar-refractivity contribution >= 4 is 5.91 Å². The summed E-state index contributed by atoms with van der Waals surface area (Å²) in [6.45, 7) is 2.63. The smallest absolute Gasteiger partial charge is 0.251 e. The molecule has 1 fully saturated rings. The van der Waals surface area contributed by atoms with Gasteiger partial charge in [-0.1, -0.05) is 6.07 Å². The Hall–Kier alpha value is -1.39. The van der Waals surface area contributed by atoms with Crippen LogP contribution in [0.4, 0.5) is 0 Å². The Labute approximate surface area is 119 Å². The lowest BCUT2D eigenvalue weighted by molar-refractivity contribution is -0.0251. The largest absolute Gasteiger partial charge is 0.385 e. The van der Waals surface area contributed by atoms with Crippen LogP contribution in [-0.4, -0.2) is 35.9 Å². The molecule has 0 bridgehead atoms. The molecule has 0 saturated carbocycles. The molecule has 1 heterocycles. The van der Waals surface area contributed by atoms with Crippen LogP contribution in [0.25, 0.3) is 0 Å². The van der Waals surface area contributed by atoms with Crippen molar-refractivity contribution in [3.63, 3.8) is 0 Å². The molecule has 0 aromatic heterocycles. The third-order valence-electron chi connectivity index (χ3n) is 4.58. The van der Waals surface area contributed by atoms with Gasteiger partial charge in [-0.2, -0.15) is 0 Å². The van der Waals surface area contributed by atoms with E-state index in [1.54, 1.807) is 0 Å². The highest BCUT2D eigenvalue weighted by Gasteiger charge is 2.39. The van der Waals surface area contributed by atoms with Gasteiger partial charge in [0, 0.05) is 25.1 Å². The zero-order valence-corrected chi connectivity index (χ0v) is 11.8. The molecule has 1 aliphatic carbocycles. The fourth-order valence-electron chi connectivity index (χ4n) is 3.05. The minimum atomic E-state index is -0.938. The van der Waals surface area contributed by atoms with Gasteiger partial charge >= 0.3 is 0 Å². The average molecular weight is 275 g/mol. The minimum Gasteiger partial charge on any atom is -0.385 e. The number of rotatable bonds is 3. The summed E-state index contributed by atoms with van der Waals surface area (Å²) in [6, 6.07) is 5.90. The lowest BCUT2D eigenvalue weighted by atomic mass is 9.96. The number of hydrogen-bond acceptors (Lipinski definition) is 3. The van der Waals surface area contributed by atoms with Gasteiger partial charge in [-0.05, 0) is 49.4 Å². The fraction of sp³-hybridized carbons (Fsp3) is 0.562. The third-order valence-corrected chi connectivity index (χ3v) is 4.58. The number of aryl methyl sites for hydroxylation is 2. The number of carbonyl (C=O) groups excluding carboxylic acids is 1. The first-order valence-electron chi connectivity index (χ1n) is 7.32. The fourth-order valence-corrected chi connectivity index (χ4v) is 3.05. The van der Waals surface area contributed by atoms with Crippen molar-refractivity contribution in [3.8, 4) is 0 Å². The number of ether oxygens (including phenoxy) is 1. The average Bonchev–Trinajstić information content (AvgIpc) is 3.03. The van der Waals surface area contributed by atoms with Crippen molar-refractivity contribution in [3.05, 3.63) is 34.9 Å². The van der Waals surface area contributed by atoms with E-state index in [4.69, 9.17) is 4.74 Å². The summed E-state index contributed by atoms with van der Waals surface area (Å²) in [4.78, 5) is 12.2. The predicted octanol–water partition coefficient (Wildman–Crippen LogP) is 1.45. The van der Waals surface area contributed by atoms with Gasteiger partial charge in [0.2, 0.25) is 0 Å². The number of hydrogen-bond donors (Lipinski definition) is 2. The van der Waals surface area contributed by atoms with Crippen LogP contribution in [-0.2, 0) is 17.6 Å². The van der Waals surface area contributed by atoms with Crippen molar-refractivity contribution in [2.45, 2.75) is 44.3 Å². The number of amides is 1. The molecule has 1 aliphatic heterocycles. The Morgan fingerprint density at radius 3 is 3.00 bits per heavy atom. The molecule has 108 valence electrons. The summed E-state index contributed by atoms with van der Waals surface area (Å²) in [5, 5.41) is 13.2. The molecule has 2 atom stereocenters. The number of carbonyl (C=O) groups is 1. The molecule has 2 aliphatic rings. The molecule has 20 heavy (non-hydrogen) atoms. The molecule has 4 nitrogen and oxygen atoms in total. The van der Waals surface area contributed by atoms with Crippen LogP contribution in [0.1, 0.15) is 41.3 Å². The first-order chi connectivity index (χ1) is 9.58. The van der Waals surface area contributed by atoms with Gasteiger partial charge < -0.3 is 15.2 Å². The Balaban J connectivity index is 1.65. The highest BCUT2D eigenvalue weighted by atomic mass is 16.5. The molecule has 1 amide bonds. The predicted molar refractivity (Wildman–Crippen MR) is 75.8 cm³/mol. The van der Waals surface area contributed by atoms with Gasteiger partial charge in [-0.15, -0.1) is 0 Å². The number of fused-ring (bicyclic) bond motifs is 1. The highest BCUT2D eigenvalue weighted by Crippen LogP contribution is 2.25. The lowest BCUT2D eigenvalue weighted by Crippen LogP contribution is -2.47. The minimum absolute atomic E-state index is 0.118. The van der Waals surface area contributed by atoms with E-state index in [9.17, 15) is 9.90 Å². The monoisotopic (exact) mass is 275 g/mol. The van der Waals surface area contributed by atoms with Crippen LogP contribution in [0.15, 0.2) is 18.2 Å². The van der Waals surface area contributed by atoms with Crippen molar-refractivity contribution in [1.82, 2.24) is 5.32 Å². The van der Waals surface area contributed by atoms with E-state index in [0.29, 0.717) is 18.6 Å². The van der Waals surface area contributed by atoms with Gasteiger partial charge in [0.25, 0.3) is 5.91 Å². The molecule has 0 spiro atoms. The number of aliphatic hydroxyl groups is 1. The Kier molecular flexibility index (Phi) is 3.52. The van der Waals surface area contributed by atoms with Crippen LogP contribution in [0, 0.1) is 0 Å².